The third-order valence-electron chi connectivity index (χ3n) is 2.20. The molecule has 2 N–H and O–H groups in total. The van der Waals surface area contributed by atoms with Gasteiger partial charge in [-0.3, -0.25) is 9.59 Å². The minimum absolute atomic E-state index is 0.287. The normalized spacial score (nSPS) is 10.6. The van der Waals surface area contributed by atoms with Crippen molar-refractivity contribution in [3.8, 4) is 0 Å². The van der Waals surface area contributed by atoms with E-state index in [9.17, 15) is 9.59 Å². The molecule has 0 saturated heterocycles. The van der Waals surface area contributed by atoms with Crippen LogP contribution in [0.2, 0.25) is 10.0 Å². The van der Waals surface area contributed by atoms with Gasteiger partial charge in [0.2, 0.25) is 0 Å². The van der Waals surface area contributed by atoms with Gasteiger partial charge in [0.15, 0.2) is 0 Å². The van der Waals surface area contributed by atoms with Crippen molar-refractivity contribution >= 4 is 56.5 Å². The van der Waals surface area contributed by atoms with Crippen molar-refractivity contribution < 1.29 is 14.7 Å². The Kier molecular flexibility index (Phi) is 3.75. The van der Waals surface area contributed by atoms with Crippen LogP contribution in [0, 0.1) is 0 Å². The summed E-state index contributed by atoms with van der Waals surface area (Å²) in [7, 11) is 0. The van der Waals surface area contributed by atoms with Crippen LogP contribution >= 0.6 is 34.5 Å². The summed E-state index contributed by atoms with van der Waals surface area (Å²) in [6.07, 6.45) is 0. The van der Waals surface area contributed by atoms with Crippen molar-refractivity contribution in [2.24, 2.45) is 0 Å². The molecule has 0 aliphatic carbocycles. The highest BCUT2D eigenvalue weighted by Gasteiger charge is 2.17. The van der Waals surface area contributed by atoms with Gasteiger partial charge in [-0.25, -0.2) is 0 Å². The van der Waals surface area contributed by atoms with Crippen LogP contribution in [0.1, 0.15) is 9.67 Å². The number of benzene rings is 1. The average molecular weight is 304 g/mol. The lowest BCUT2D eigenvalue weighted by Gasteiger charge is -1.99. The Morgan fingerprint density at radius 3 is 2.72 bits per heavy atom. The van der Waals surface area contributed by atoms with Gasteiger partial charge in [-0.1, -0.05) is 29.3 Å². The number of carboxylic acid groups (broad SMARTS) is 1. The van der Waals surface area contributed by atoms with Gasteiger partial charge in [-0.15, -0.1) is 11.3 Å². The quantitative estimate of drug-likeness (QED) is 0.916. The predicted molar refractivity (Wildman–Crippen MR) is 71.8 cm³/mol. The molecule has 1 aromatic carbocycles. The lowest BCUT2D eigenvalue weighted by Crippen LogP contribution is -2.28. The Morgan fingerprint density at radius 2 is 2.06 bits per heavy atom. The van der Waals surface area contributed by atoms with Gasteiger partial charge < -0.3 is 10.4 Å². The highest BCUT2D eigenvalue weighted by atomic mass is 35.5. The number of halogens is 2. The van der Waals surface area contributed by atoms with E-state index >= 15 is 0 Å². The van der Waals surface area contributed by atoms with Gasteiger partial charge in [0.1, 0.15) is 11.4 Å². The van der Waals surface area contributed by atoms with E-state index in [-0.39, 0.29) is 4.88 Å². The zero-order valence-electron chi connectivity index (χ0n) is 8.87. The van der Waals surface area contributed by atoms with E-state index in [4.69, 9.17) is 28.3 Å². The van der Waals surface area contributed by atoms with Crippen molar-refractivity contribution in [2.45, 2.75) is 0 Å². The molecule has 2 rings (SSSR count). The topological polar surface area (TPSA) is 66.4 Å². The first-order chi connectivity index (χ1) is 8.49. The maximum Gasteiger partial charge on any atom is 0.322 e. The number of hydrogen-bond donors (Lipinski definition) is 2. The van der Waals surface area contributed by atoms with Crippen molar-refractivity contribution in [1.29, 1.82) is 0 Å². The van der Waals surface area contributed by atoms with Gasteiger partial charge in [-0.05, 0) is 12.1 Å². The van der Waals surface area contributed by atoms with Gasteiger partial charge in [0.05, 0.1) is 5.02 Å². The molecular weight excluding hydrogens is 297 g/mol. The van der Waals surface area contributed by atoms with E-state index in [1.54, 1.807) is 18.2 Å². The molecule has 0 aliphatic heterocycles. The second-order valence-electron chi connectivity index (χ2n) is 3.46. The molecule has 0 saturated carbocycles. The molecule has 1 aromatic heterocycles. The summed E-state index contributed by atoms with van der Waals surface area (Å²) in [5.74, 6) is -1.61. The van der Waals surface area contributed by atoms with E-state index in [1.807, 2.05) is 0 Å². The summed E-state index contributed by atoms with van der Waals surface area (Å²) >= 11 is 13.1. The van der Waals surface area contributed by atoms with Gasteiger partial charge >= 0.3 is 5.97 Å². The highest BCUT2D eigenvalue weighted by Crippen LogP contribution is 2.36. The van der Waals surface area contributed by atoms with Crippen molar-refractivity contribution in [3.63, 3.8) is 0 Å². The second-order valence-corrected chi connectivity index (χ2v) is 5.33. The van der Waals surface area contributed by atoms with Gasteiger partial charge in [0, 0.05) is 15.1 Å². The van der Waals surface area contributed by atoms with Gasteiger partial charge in [0.25, 0.3) is 5.91 Å². The Hall–Kier alpha value is -1.30. The summed E-state index contributed by atoms with van der Waals surface area (Å²) in [5, 5.41) is 12.4. The molecule has 0 aliphatic rings. The Balaban J connectivity index is 2.36. The average Bonchev–Trinajstić information content (AvgIpc) is 2.63. The van der Waals surface area contributed by atoms with Crippen molar-refractivity contribution in [1.82, 2.24) is 5.32 Å². The van der Waals surface area contributed by atoms with Crippen LogP contribution in [-0.2, 0) is 4.79 Å². The first-order valence-electron chi connectivity index (χ1n) is 4.86. The van der Waals surface area contributed by atoms with Gasteiger partial charge in [-0.2, -0.15) is 0 Å². The second kappa shape index (κ2) is 5.14. The van der Waals surface area contributed by atoms with E-state index in [0.29, 0.717) is 10.0 Å². The maximum atomic E-state index is 11.7. The van der Waals surface area contributed by atoms with Crippen molar-refractivity contribution in [2.75, 3.05) is 6.54 Å². The molecule has 18 heavy (non-hydrogen) atoms. The standard InChI is InChI=1S/C11H7Cl2NO3S/c12-5-1-2-6-7(3-5)18-10(9(6)13)11(17)14-4-8(15)16/h1-3H,4H2,(H,14,17)(H,15,16). The number of fused-ring (bicyclic) bond motifs is 1. The largest absolute Gasteiger partial charge is 0.480 e. The fourth-order valence-corrected chi connectivity index (χ4v) is 3.13. The molecule has 0 bridgehead atoms. The fraction of sp³-hybridized carbons (Fsp3) is 0.0909. The molecule has 1 heterocycles. The third kappa shape index (κ3) is 2.58. The third-order valence-corrected chi connectivity index (χ3v) is 4.09. The van der Waals surface area contributed by atoms with E-state index in [2.05, 4.69) is 5.32 Å². The SMILES string of the molecule is O=C(O)CNC(=O)c1sc2cc(Cl)ccc2c1Cl. The molecule has 0 spiro atoms. The summed E-state index contributed by atoms with van der Waals surface area (Å²) in [6, 6.07) is 5.12. The first kappa shape index (κ1) is 13.1. The monoisotopic (exact) mass is 303 g/mol. The molecule has 2 aromatic rings. The molecule has 0 unspecified atom stereocenters. The molecular formula is C11H7Cl2NO3S. The van der Waals surface area contributed by atoms with Crippen LogP contribution in [0.25, 0.3) is 10.1 Å². The zero-order chi connectivity index (χ0) is 13.3. The number of rotatable bonds is 3. The lowest BCUT2D eigenvalue weighted by molar-refractivity contribution is -0.135. The van der Waals surface area contributed by atoms with Crippen LogP contribution < -0.4 is 5.32 Å². The number of hydrogen-bond acceptors (Lipinski definition) is 3. The number of carbonyl (C=O) groups is 2. The minimum atomic E-state index is -1.11. The number of nitrogens with one attached hydrogen (secondary N) is 1. The summed E-state index contributed by atoms with van der Waals surface area (Å²) < 4.78 is 0.785. The van der Waals surface area contributed by atoms with Crippen LogP contribution in [0.3, 0.4) is 0 Å². The molecule has 1 amide bonds. The first-order valence-corrected chi connectivity index (χ1v) is 6.44. The Bertz CT molecular complexity index is 638. The number of carbonyl (C=O) groups excluding carboxylic acids is 1. The summed E-state index contributed by atoms with van der Waals surface area (Å²) in [4.78, 5) is 22.4. The van der Waals surface area contributed by atoms with Crippen LogP contribution in [0.15, 0.2) is 18.2 Å². The number of thiophene rings is 1. The van der Waals surface area contributed by atoms with E-state index in [1.165, 1.54) is 11.3 Å². The predicted octanol–water partition coefficient (Wildman–Crippen LogP) is 3.02. The number of amides is 1. The Labute approximate surface area is 116 Å². The molecule has 0 atom stereocenters. The number of aliphatic carboxylic acids is 1. The Morgan fingerprint density at radius 1 is 1.33 bits per heavy atom. The lowest BCUT2D eigenvalue weighted by atomic mass is 10.2. The number of carboxylic acids is 1. The molecule has 7 heteroatoms. The van der Waals surface area contributed by atoms with E-state index in [0.717, 1.165) is 10.1 Å². The zero-order valence-corrected chi connectivity index (χ0v) is 11.2. The van der Waals surface area contributed by atoms with Crippen LogP contribution in [0.5, 0.6) is 0 Å². The highest BCUT2D eigenvalue weighted by molar-refractivity contribution is 7.21. The summed E-state index contributed by atoms with van der Waals surface area (Å²) in [6.45, 7) is -0.440. The van der Waals surface area contributed by atoms with Crippen LogP contribution in [0.4, 0.5) is 0 Å². The molecule has 4 nitrogen and oxygen atoms in total. The van der Waals surface area contributed by atoms with E-state index < -0.39 is 18.4 Å². The maximum absolute atomic E-state index is 11.7. The molecule has 0 radical (unpaired) electrons. The smallest absolute Gasteiger partial charge is 0.322 e. The minimum Gasteiger partial charge on any atom is -0.480 e. The molecule has 0 fully saturated rings. The molecule has 94 valence electrons. The summed E-state index contributed by atoms with van der Waals surface area (Å²) in [5.41, 5.74) is 0. The fourth-order valence-electron chi connectivity index (χ4n) is 1.42. The van der Waals surface area contributed by atoms with Crippen molar-refractivity contribution in [3.05, 3.63) is 33.1 Å². The van der Waals surface area contributed by atoms with Crippen LogP contribution in [-0.4, -0.2) is 23.5 Å².